The van der Waals surface area contributed by atoms with E-state index < -0.39 is 14.9 Å². The maximum atomic E-state index is 12.6. The Hall–Kier alpha value is -1.67. The van der Waals surface area contributed by atoms with Crippen LogP contribution in [-0.4, -0.2) is 43.8 Å². The number of nitrogens with zero attached hydrogens (tertiary/aromatic N) is 3. The predicted octanol–water partition coefficient (Wildman–Crippen LogP) is 1.98. The lowest BCUT2D eigenvalue weighted by atomic mass is 10.1. The van der Waals surface area contributed by atoms with Gasteiger partial charge in [0.25, 0.3) is 5.69 Å². The summed E-state index contributed by atoms with van der Waals surface area (Å²) < 4.78 is 26.7. The Balaban J connectivity index is 1.96. The maximum absolute atomic E-state index is 12.6. The Morgan fingerprint density at radius 3 is 2.23 bits per heavy atom. The molecule has 0 aromatic heterocycles. The number of sulfonamides is 1. The molecule has 0 unspecified atom stereocenters. The van der Waals surface area contributed by atoms with Crippen LogP contribution in [0.3, 0.4) is 0 Å². The fraction of sp³-hybridized carbons (Fsp3) is 0.571. The van der Waals surface area contributed by atoms with Crippen molar-refractivity contribution in [2.75, 3.05) is 31.1 Å². The number of hydrogen-bond acceptors (Lipinski definition) is 5. The molecule has 1 aromatic carbocycles. The van der Waals surface area contributed by atoms with E-state index in [2.05, 4.69) is 0 Å². The van der Waals surface area contributed by atoms with Crippen molar-refractivity contribution in [2.45, 2.75) is 30.6 Å². The molecule has 8 heteroatoms. The van der Waals surface area contributed by atoms with E-state index in [1.807, 2.05) is 4.90 Å². The molecule has 2 saturated heterocycles. The van der Waals surface area contributed by atoms with Gasteiger partial charge >= 0.3 is 0 Å². The monoisotopic (exact) mass is 325 g/mol. The number of hydrogen-bond donors (Lipinski definition) is 0. The molecule has 7 nitrogen and oxygen atoms in total. The summed E-state index contributed by atoms with van der Waals surface area (Å²) in [5.41, 5.74) is 0.381. The van der Waals surface area contributed by atoms with E-state index in [1.54, 1.807) is 6.07 Å². The number of nitro groups is 1. The van der Waals surface area contributed by atoms with Crippen molar-refractivity contribution in [1.29, 1.82) is 0 Å². The summed E-state index contributed by atoms with van der Waals surface area (Å²) in [4.78, 5) is 12.7. The molecule has 3 rings (SSSR count). The first-order valence-electron chi connectivity index (χ1n) is 7.54. The third-order valence-corrected chi connectivity index (χ3v) is 6.19. The second-order valence-corrected chi connectivity index (χ2v) is 7.65. The van der Waals surface area contributed by atoms with E-state index in [0.717, 1.165) is 38.8 Å². The van der Waals surface area contributed by atoms with E-state index in [0.29, 0.717) is 18.8 Å². The fourth-order valence-electron chi connectivity index (χ4n) is 2.89. The van der Waals surface area contributed by atoms with Crippen LogP contribution >= 0.6 is 0 Å². The minimum atomic E-state index is -3.64. The molecule has 0 bridgehead atoms. The number of benzene rings is 1. The Labute approximate surface area is 129 Å². The van der Waals surface area contributed by atoms with Gasteiger partial charge in [0.1, 0.15) is 5.69 Å². The van der Waals surface area contributed by atoms with Crippen LogP contribution in [0.15, 0.2) is 23.1 Å². The van der Waals surface area contributed by atoms with Gasteiger partial charge in [-0.1, -0.05) is 6.42 Å². The highest BCUT2D eigenvalue weighted by Gasteiger charge is 2.30. The lowest BCUT2D eigenvalue weighted by Gasteiger charge is -2.33. The molecule has 0 aliphatic carbocycles. The average molecular weight is 325 g/mol. The molecule has 0 atom stereocenters. The molecule has 2 fully saturated rings. The quantitative estimate of drug-likeness (QED) is 0.624. The zero-order valence-corrected chi connectivity index (χ0v) is 13.1. The van der Waals surface area contributed by atoms with Gasteiger partial charge in [-0.15, -0.1) is 0 Å². The highest BCUT2D eigenvalue weighted by atomic mass is 32.2. The molecule has 2 heterocycles. The second kappa shape index (κ2) is 5.85. The zero-order chi connectivity index (χ0) is 15.7. The number of nitro benzene ring substituents is 1. The van der Waals surface area contributed by atoms with Crippen molar-refractivity contribution < 1.29 is 13.3 Å². The van der Waals surface area contributed by atoms with Crippen LogP contribution in [0, 0.1) is 10.1 Å². The molecular weight excluding hydrogens is 306 g/mol. The van der Waals surface area contributed by atoms with Crippen LogP contribution in [0.2, 0.25) is 0 Å². The first kappa shape index (κ1) is 15.2. The standard InChI is InChI=1S/C14H19N3O4S/c18-17(19)14-11-12(5-6-13(14)15-7-4-8-15)22(20,21)16-9-2-1-3-10-16/h5-6,11H,1-4,7-10H2. The van der Waals surface area contributed by atoms with Gasteiger partial charge in [0.05, 0.1) is 9.82 Å². The van der Waals surface area contributed by atoms with Crippen molar-refractivity contribution in [2.24, 2.45) is 0 Å². The predicted molar refractivity (Wildman–Crippen MR) is 82.5 cm³/mol. The summed E-state index contributed by atoms with van der Waals surface area (Å²) >= 11 is 0. The highest BCUT2D eigenvalue weighted by molar-refractivity contribution is 7.89. The molecule has 0 spiro atoms. The SMILES string of the molecule is O=[N+]([O-])c1cc(S(=O)(=O)N2CCCCC2)ccc1N1CCC1. The maximum Gasteiger partial charge on any atom is 0.293 e. The van der Waals surface area contributed by atoms with Crippen molar-refractivity contribution >= 4 is 21.4 Å². The van der Waals surface area contributed by atoms with Gasteiger partial charge in [0.2, 0.25) is 10.0 Å². The summed E-state index contributed by atoms with van der Waals surface area (Å²) in [6.45, 7) is 2.53. The Morgan fingerprint density at radius 2 is 1.68 bits per heavy atom. The molecule has 2 aliphatic heterocycles. The number of piperidine rings is 1. The summed E-state index contributed by atoms with van der Waals surface area (Å²) in [5, 5.41) is 11.3. The third-order valence-electron chi connectivity index (χ3n) is 4.29. The topological polar surface area (TPSA) is 83.8 Å². The lowest BCUT2D eigenvalue weighted by Crippen LogP contribution is -2.38. The van der Waals surface area contributed by atoms with Crippen molar-refractivity contribution in [3.05, 3.63) is 28.3 Å². The number of anilines is 1. The summed E-state index contributed by atoms with van der Waals surface area (Å²) in [6.07, 6.45) is 3.71. The summed E-state index contributed by atoms with van der Waals surface area (Å²) in [7, 11) is -3.64. The van der Waals surface area contributed by atoms with E-state index in [4.69, 9.17) is 0 Å². The van der Waals surface area contributed by atoms with E-state index in [1.165, 1.54) is 16.4 Å². The van der Waals surface area contributed by atoms with Crippen molar-refractivity contribution in [3.63, 3.8) is 0 Å². The highest BCUT2D eigenvalue weighted by Crippen LogP contribution is 2.34. The van der Waals surface area contributed by atoms with Gasteiger partial charge in [0, 0.05) is 32.2 Å². The molecule has 0 amide bonds. The van der Waals surface area contributed by atoms with Crippen LogP contribution < -0.4 is 4.90 Å². The van der Waals surface area contributed by atoms with Gasteiger partial charge < -0.3 is 4.90 Å². The van der Waals surface area contributed by atoms with Crippen LogP contribution in [-0.2, 0) is 10.0 Å². The van der Waals surface area contributed by atoms with E-state index in [9.17, 15) is 18.5 Å². The van der Waals surface area contributed by atoms with Crippen molar-refractivity contribution in [3.8, 4) is 0 Å². The fourth-order valence-corrected chi connectivity index (χ4v) is 4.43. The minimum absolute atomic E-state index is 0.0189. The Bertz CT molecular complexity index is 679. The third kappa shape index (κ3) is 2.68. The smallest absolute Gasteiger partial charge is 0.293 e. The largest absolute Gasteiger partial charge is 0.366 e. The Kier molecular flexibility index (Phi) is 4.05. The molecule has 0 radical (unpaired) electrons. The van der Waals surface area contributed by atoms with E-state index in [-0.39, 0.29) is 10.6 Å². The minimum Gasteiger partial charge on any atom is -0.366 e. The van der Waals surface area contributed by atoms with Gasteiger partial charge in [0.15, 0.2) is 0 Å². The van der Waals surface area contributed by atoms with Gasteiger partial charge in [-0.2, -0.15) is 4.31 Å². The lowest BCUT2D eigenvalue weighted by molar-refractivity contribution is -0.384. The molecular formula is C14H19N3O4S. The Morgan fingerprint density at radius 1 is 1.00 bits per heavy atom. The molecule has 1 aromatic rings. The van der Waals surface area contributed by atoms with Crippen molar-refractivity contribution in [1.82, 2.24) is 4.31 Å². The van der Waals surface area contributed by atoms with Crippen LogP contribution in [0.1, 0.15) is 25.7 Å². The first-order chi connectivity index (χ1) is 10.5. The van der Waals surface area contributed by atoms with Gasteiger partial charge in [-0.3, -0.25) is 10.1 Å². The number of rotatable bonds is 4. The van der Waals surface area contributed by atoms with Crippen LogP contribution in [0.4, 0.5) is 11.4 Å². The van der Waals surface area contributed by atoms with Gasteiger partial charge in [-0.25, -0.2) is 8.42 Å². The average Bonchev–Trinajstić information content (AvgIpc) is 2.46. The molecule has 22 heavy (non-hydrogen) atoms. The molecule has 2 aliphatic rings. The molecule has 0 saturated carbocycles. The first-order valence-corrected chi connectivity index (χ1v) is 8.98. The molecule has 0 N–H and O–H groups in total. The normalized spacial score (nSPS) is 19.7. The summed E-state index contributed by atoms with van der Waals surface area (Å²) in [6, 6.07) is 4.26. The van der Waals surface area contributed by atoms with Gasteiger partial charge in [-0.05, 0) is 31.4 Å². The molecule has 120 valence electrons. The second-order valence-electron chi connectivity index (χ2n) is 5.71. The van der Waals surface area contributed by atoms with Crippen LogP contribution in [0.25, 0.3) is 0 Å². The zero-order valence-electron chi connectivity index (χ0n) is 12.3. The summed E-state index contributed by atoms with van der Waals surface area (Å²) in [5.74, 6) is 0. The van der Waals surface area contributed by atoms with Crippen LogP contribution in [0.5, 0.6) is 0 Å². The van der Waals surface area contributed by atoms with E-state index >= 15 is 0 Å².